The lowest BCUT2D eigenvalue weighted by Crippen LogP contribution is -2.25. The Morgan fingerprint density at radius 1 is 1.12 bits per heavy atom. The second-order valence-corrected chi connectivity index (χ2v) is 3.57. The van der Waals surface area contributed by atoms with Crippen LogP contribution in [-0.2, 0) is 16.0 Å². The van der Waals surface area contributed by atoms with Crippen molar-refractivity contribution in [2.45, 2.75) is 19.3 Å². The van der Waals surface area contributed by atoms with Gasteiger partial charge in [-0.1, -0.05) is 18.2 Å². The van der Waals surface area contributed by atoms with Crippen LogP contribution in [0.15, 0.2) is 24.3 Å². The molecule has 0 spiro atoms. The molecule has 0 atom stereocenters. The molecule has 0 bridgehead atoms. The Kier molecular flexibility index (Phi) is 5.64. The first kappa shape index (κ1) is 13.1. The summed E-state index contributed by atoms with van der Waals surface area (Å²) in [6.07, 6.45) is 2.86. The number of aryl methyl sites for hydroxylation is 1. The molecule has 0 aromatic heterocycles. The molecular weight excluding hydrogens is 218 g/mol. The van der Waals surface area contributed by atoms with Crippen LogP contribution in [0.1, 0.15) is 28.8 Å². The highest BCUT2D eigenvalue weighted by Crippen LogP contribution is 2.10. The first-order valence-electron chi connectivity index (χ1n) is 5.53. The molecule has 4 nitrogen and oxygen atoms in total. The van der Waals surface area contributed by atoms with Crippen LogP contribution >= 0.6 is 0 Å². The molecule has 0 fully saturated rings. The summed E-state index contributed by atoms with van der Waals surface area (Å²) in [5, 5.41) is 2.66. The molecule has 0 aliphatic carbocycles. The average Bonchev–Trinajstić information content (AvgIpc) is 2.37. The van der Waals surface area contributed by atoms with Crippen molar-refractivity contribution in [3.63, 3.8) is 0 Å². The molecule has 1 amide bonds. The van der Waals surface area contributed by atoms with E-state index in [0.29, 0.717) is 31.4 Å². The number of hydrogen-bond donors (Lipinski definition) is 1. The second-order valence-electron chi connectivity index (χ2n) is 3.57. The lowest BCUT2D eigenvalue weighted by Gasteiger charge is -2.08. The molecule has 1 aromatic rings. The minimum atomic E-state index is -0.201. The molecule has 17 heavy (non-hydrogen) atoms. The zero-order chi connectivity index (χ0) is 12.5. The maximum absolute atomic E-state index is 11.8. The maximum Gasteiger partial charge on any atom is 0.251 e. The van der Waals surface area contributed by atoms with Gasteiger partial charge in [-0.2, -0.15) is 0 Å². The number of carbonyl (C=O) groups excluding carboxylic acids is 3. The average molecular weight is 233 g/mol. The first-order chi connectivity index (χ1) is 8.29. The lowest BCUT2D eigenvalue weighted by molar-refractivity contribution is -0.108. The van der Waals surface area contributed by atoms with E-state index in [-0.39, 0.29) is 5.91 Å². The van der Waals surface area contributed by atoms with Crippen LogP contribution in [0.2, 0.25) is 0 Å². The van der Waals surface area contributed by atoms with E-state index in [1.165, 1.54) is 0 Å². The molecule has 0 unspecified atom stereocenters. The van der Waals surface area contributed by atoms with Gasteiger partial charge in [-0.25, -0.2) is 0 Å². The van der Waals surface area contributed by atoms with Gasteiger partial charge >= 0.3 is 0 Å². The van der Waals surface area contributed by atoms with Crippen molar-refractivity contribution in [3.05, 3.63) is 35.4 Å². The third-order valence-electron chi connectivity index (χ3n) is 2.34. The third kappa shape index (κ3) is 4.18. The zero-order valence-corrected chi connectivity index (χ0v) is 9.52. The highest BCUT2D eigenvalue weighted by molar-refractivity contribution is 5.95. The van der Waals surface area contributed by atoms with Crippen LogP contribution in [0.5, 0.6) is 0 Å². The Labute approximate surface area is 100 Å². The maximum atomic E-state index is 11.8. The molecule has 0 heterocycles. The van der Waals surface area contributed by atoms with Crippen LogP contribution in [-0.4, -0.2) is 25.0 Å². The fraction of sp³-hybridized carbons (Fsp3) is 0.308. The van der Waals surface area contributed by atoms with Gasteiger partial charge in [0.25, 0.3) is 5.91 Å². The van der Waals surface area contributed by atoms with Crippen LogP contribution in [0.4, 0.5) is 0 Å². The molecule has 90 valence electrons. The van der Waals surface area contributed by atoms with E-state index in [2.05, 4.69) is 5.32 Å². The SMILES string of the molecule is O=CCCNC(=O)c1ccccc1CCC=O. The monoisotopic (exact) mass is 233 g/mol. The summed E-state index contributed by atoms with van der Waals surface area (Å²) in [7, 11) is 0. The number of benzene rings is 1. The fourth-order valence-corrected chi connectivity index (χ4v) is 1.51. The van der Waals surface area contributed by atoms with Crippen LogP contribution in [0.3, 0.4) is 0 Å². The van der Waals surface area contributed by atoms with Crippen molar-refractivity contribution in [2.24, 2.45) is 0 Å². The van der Waals surface area contributed by atoms with Gasteiger partial charge in [0.05, 0.1) is 0 Å². The summed E-state index contributed by atoms with van der Waals surface area (Å²) in [6, 6.07) is 7.16. The molecule has 0 saturated carbocycles. The van der Waals surface area contributed by atoms with Gasteiger partial charge in [0.1, 0.15) is 12.6 Å². The number of aldehydes is 2. The van der Waals surface area contributed by atoms with Gasteiger partial charge in [0.15, 0.2) is 0 Å². The Hall–Kier alpha value is -1.97. The highest BCUT2D eigenvalue weighted by atomic mass is 16.1. The van der Waals surface area contributed by atoms with Crippen LogP contribution in [0.25, 0.3) is 0 Å². The van der Waals surface area contributed by atoms with Crippen molar-refractivity contribution >= 4 is 18.5 Å². The number of amides is 1. The van der Waals surface area contributed by atoms with Crippen molar-refractivity contribution in [2.75, 3.05) is 6.54 Å². The fourth-order valence-electron chi connectivity index (χ4n) is 1.51. The second kappa shape index (κ2) is 7.33. The summed E-state index contributed by atoms with van der Waals surface area (Å²) in [6.45, 7) is 0.338. The molecule has 0 saturated heterocycles. The van der Waals surface area contributed by atoms with Crippen molar-refractivity contribution in [1.29, 1.82) is 0 Å². The Bertz CT molecular complexity index is 401. The topological polar surface area (TPSA) is 63.2 Å². The van der Waals surface area contributed by atoms with Crippen molar-refractivity contribution in [3.8, 4) is 0 Å². The predicted octanol–water partition coefficient (Wildman–Crippen LogP) is 1.14. The molecule has 0 aliphatic heterocycles. The molecule has 4 heteroatoms. The van der Waals surface area contributed by atoms with Crippen LogP contribution < -0.4 is 5.32 Å². The number of carbonyl (C=O) groups is 3. The number of nitrogens with one attached hydrogen (secondary N) is 1. The summed E-state index contributed by atoms with van der Waals surface area (Å²) in [4.78, 5) is 32.3. The van der Waals surface area contributed by atoms with E-state index in [1.54, 1.807) is 12.1 Å². The van der Waals surface area contributed by atoms with Gasteiger partial charge in [-0.05, 0) is 18.1 Å². The van der Waals surface area contributed by atoms with Gasteiger partial charge in [0.2, 0.25) is 0 Å². The summed E-state index contributed by atoms with van der Waals surface area (Å²) >= 11 is 0. The van der Waals surface area contributed by atoms with Gasteiger partial charge in [-0.3, -0.25) is 4.79 Å². The zero-order valence-electron chi connectivity index (χ0n) is 9.52. The number of rotatable bonds is 7. The molecule has 1 rings (SSSR count). The minimum Gasteiger partial charge on any atom is -0.352 e. The lowest BCUT2D eigenvalue weighted by atomic mass is 10.0. The quantitative estimate of drug-likeness (QED) is 0.567. The molecule has 1 aromatic carbocycles. The van der Waals surface area contributed by atoms with Crippen molar-refractivity contribution < 1.29 is 14.4 Å². The molecular formula is C13H15NO3. The highest BCUT2D eigenvalue weighted by Gasteiger charge is 2.09. The predicted molar refractivity (Wildman–Crippen MR) is 63.8 cm³/mol. The Morgan fingerprint density at radius 3 is 2.53 bits per heavy atom. The van der Waals surface area contributed by atoms with E-state index in [0.717, 1.165) is 18.1 Å². The standard InChI is InChI=1S/C13H15NO3/c15-9-3-6-11-5-1-2-7-12(11)13(17)14-8-4-10-16/h1-2,5,7,9-10H,3-4,6,8H2,(H,14,17). The Balaban J connectivity index is 2.70. The summed E-state index contributed by atoms with van der Waals surface area (Å²) in [5.74, 6) is -0.201. The normalized spacial score (nSPS) is 9.65. The van der Waals surface area contributed by atoms with E-state index in [9.17, 15) is 14.4 Å². The first-order valence-corrected chi connectivity index (χ1v) is 5.53. The largest absolute Gasteiger partial charge is 0.352 e. The van der Waals surface area contributed by atoms with E-state index < -0.39 is 0 Å². The van der Waals surface area contributed by atoms with E-state index in [1.807, 2.05) is 12.1 Å². The Morgan fingerprint density at radius 2 is 1.82 bits per heavy atom. The van der Waals surface area contributed by atoms with E-state index >= 15 is 0 Å². The molecule has 1 N–H and O–H groups in total. The molecule has 0 radical (unpaired) electrons. The van der Waals surface area contributed by atoms with Crippen LogP contribution in [0, 0.1) is 0 Å². The summed E-state index contributed by atoms with van der Waals surface area (Å²) < 4.78 is 0. The van der Waals surface area contributed by atoms with Gasteiger partial charge in [-0.15, -0.1) is 0 Å². The third-order valence-corrected chi connectivity index (χ3v) is 2.34. The summed E-state index contributed by atoms with van der Waals surface area (Å²) in [5.41, 5.74) is 1.42. The minimum absolute atomic E-state index is 0.201. The van der Waals surface area contributed by atoms with E-state index in [4.69, 9.17) is 0 Å². The van der Waals surface area contributed by atoms with Gasteiger partial charge < -0.3 is 14.9 Å². The smallest absolute Gasteiger partial charge is 0.251 e. The van der Waals surface area contributed by atoms with Gasteiger partial charge in [0, 0.05) is 24.9 Å². The van der Waals surface area contributed by atoms with Crippen molar-refractivity contribution in [1.82, 2.24) is 5.32 Å². The number of hydrogen-bond acceptors (Lipinski definition) is 3. The molecule has 0 aliphatic rings.